The molecule has 1 aromatic heterocycles. The van der Waals surface area contributed by atoms with Gasteiger partial charge in [-0.3, -0.25) is 14.5 Å². The SMILES string of the molecule is Cc1cccnc1NC(=O)[C@H]1c2ccccc2C(=O)N(c2ccccc2F)C12CCCCC2. The number of pyridine rings is 1. The zero-order valence-corrected chi connectivity index (χ0v) is 18.6. The highest BCUT2D eigenvalue weighted by molar-refractivity contribution is 6.13. The van der Waals surface area contributed by atoms with Crippen molar-refractivity contribution in [3.63, 3.8) is 0 Å². The highest BCUT2D eigenvalue weighted by atomic mass is 19.1. The average Bonchev–Trinajstić information content (AvgIpc) is 2.82. The number of benzene rings is 2. The molecule has 2 aliphatic rings. The van der Waals surface area contributed by atoms with E-state index >= 15 is 4.39 Å². The number of fused-ring (bicyclic) bond motifs is 1. The predicted octanol–water partition coefficient (Wildman–Crippen LogP) is 5.61. The average molecular weight is 444 g/mol. The second-order valence-corrected chi connectivity index (χ2v) is 8.93. The fourth-order valence-electron chi connectivity index (χ4n) is 5.53. The van der Waals surface area contributed by atoms with Gasteiger partial charge in [0, 0.05) is 11.8 Å². The molecule has 0 bridgehead atoms. The summed E-state index contributed by atoms with van der Waals surface area (Å²) in [6, 6.07) is 17.3. The zero-order chi connectivity index (χ0) is 23.0. The topological polar surface area (TPSA) is 62.3 Å². The van der Waals surface area contributed by atoms with Gasteiger partial charge in [0.15, 0.2) is 0 Å². The lowest BCUT2D eigenvalue weighted by molar-refractivity contribution is -0.119. The Kier molecular flexibility index (Phi) is 5.44. The van der Waals surface area contributed by atoms with Crippen LogP contribution in [-0.2, 0) is 4.79 Å². The van der Waals surface area contributed by atoms with E-state index in [1.54, 1.807) is 41.4 Å². The number of hydrogen-bond donors (Lipinski definition) is 1. The normalized spacial score (nSPS) is 19.3. The molecule has 0 radical (unpaired) electrons. The lowest BCUT2D eigenvalue weighted by atomic mass is 9.65. The molecule has 1 N–H and O–H groups in total. The van der Waals surface area contributed by atoms with Crippen LogP contribution in [0.3, 0.4) is 0 Å². The number of rotatable bonds is 3. The summed E-state index contributed by atoms with van der Waals surface area (Å²) in [5, 5.41) is 3.01. The molecule has 33 heavy (non-hydrogen) atoms. The van der Waals surface area contributed by atoms with Crippen molar-refractivity contribution in [2.75, 3.05) is 10.2 Å². The van der Waals surface area contributed by atoms with Crippen LogP contribution in [-0.4, -0.2) is 22.3 Å². The van der Waals surface area contributed by atoms with E-state index in [-0.39, 0.29) is 17.5 Å². The predicted molar refractivity (Wildman–Crippen MR) is 126 cm³/mol. The highest BCUT2D eigenvalue weighted by Crippen LogP contribution is 2.51. The number of aromatic nitrogens is 1. The Morgan fingerprint density at radius 3 is 2.52 bits per heavy atom. The van der Waals surface area contributed by atoms with E-state index in [0.29, 0.717) is 29.8 Å². The molecule has 2 heterocycles. The number of carbonyl (C=O) groups is 2. The van der Waals surface area contributed by atoms with E-state index in [0.717, 1.165) is 24.8 Å². The largest absolute Gasteiger partial charge is 0.310 e. The van der Waals surface area contributed by atoms with Gasteiger partial charge in [0.25, 0.3) is 5.91 Å². The van der Waals surface area contributed by atoms with Gasteiger partial charge in [-0.05, 0) is 55.2 Å². The van der Waals surface area contributed by atoms with Gasteiger partial charge in [0.1, 0.15) is 11.6 Å². The van der Waals surface area contributed by atoms with E-state index in [2.05, 4.69) is 10.3 Å². The number of carbonyl (C=O) groups excluding carboxylic acids is 2. The Bertz CT molecular complexity index is 1220. The molecule has 5 rings (SSSR count). The van der Waals surface area contributed by atoms with E-state index in [1.807, 2.05) is 31.2 Å². The monoisotopic (exact) mass is 443 g/mol. The molecule has 1 aliphatic carbocycles. The smallest absolute Gasteiger partial charge is 0.259 e. The lowest BCUT2D eigenvalue weighted by Gasteiger charge is -2.53. The fourth-order valence-corrected chi connectivity index (χ4v) is 5.53. The molecule has 3 aromatic rings. The Morgan fingerprint density at radius 2 is 1.76 bits per heavy atom. The van der Waals surface area contributed by atoms with Crippen molar-refractivity contribution in [3.8, 4) is 0 Å². The van der Waals surface area contributed by atoms with E-state index in [4.69, 9.17) is 0 Å². The third-order valence-corrected chi connectivity index (χ3v) is 7.01. The number of halogens is 1. The van der Waals surface area contributed by atoms with Gasteiger partial charge in [0.2, 0.25) is 5.91 Å². The molecule has 1 atom stereocenters. The first kappa shape index (κ1) is 21.3. The molecule has 6 heteroatoms. The summed E-state index contributed by atoms with van der Waals surface area (Å²) < 4.78 is 15.1. The summed E-state index contributed by atoms with van der Waals surface area (Å²) in [4.78, 5) is 33.7. The van der Waals surface area contributed by atoms with Gasteiger partial charge in [-0.25, -0.2) is 9.37 Å². The zero-order valence-electron chi connectivity index (χ0n) is 18.6. The fraction of sp³-hybridized carbons (Fsp3) is 0.296. The van der Waals surface area contributed by atoms with Crippen molar-refractivity contribution < 1.29 is 14.0 Å². The minimum Gasteiger partial charge on any atom is -0.310 e. The molecule has 2 aromatic carbocycles. The van der Waals surface area contributed by atoms with Crippen molar-refractivity contribution in [2.24, 2.45) is 0 Å². The Balaban J connectivity index is 1.70. The lowest BCUT2D eigenvalue weighted by Crippen LogP contribution is -2.62. The third kappa shape index (κ3) is 3.50. The molecule has 5 nitrogen and oxygen atoms in total. The van der Waals surface area contributed by atoms with Crippen molar-refractivity contribution >= 4 is 23.3 Å². The molecule has 1 fully saturated rings. The molecule has 1 spiro atoms. The maximum atomic E-state index is 15.1. The first-order chi connectivity index (χ1) is 16.0. The van der Waals surface area contributed by atoms with Gasteiger partial charge in [-0.2, -0.15) is 0 Å². The standard InChI is InChI=1S/C27H26FN3O2/c1-18-10-9-17-29-24(18)30-25(32)23-19-11-3-4-12-20(19)26(33)31(22-14-6-5-13-21(22)28)27(23)15-7-2-8-16-27/h3-6,9-14,17,23H,2,7-8,15-16H2,1H3,(H,29,30,32)/t23-/m1/s1. The van der Waals surface area contributed by atoms with Crippen molar-refractivity contribution in [3.05, 3.63) is 89.4 Å². The summed E-state index contributed by atoms with van der Waals surface area (Å²) in [5.74, 6) is -1.08. The van der Waals surface area contributed by atoms with Crippen molar-refractivity contribution in [2.45, 2.75) is 50.5 Å². The number of para-hydroxylation sites is 1. The van der Waals surface area contributed by atoms with Crippen molar-refractivity contribution in [1.29, 1.82) is 0 Å². The number of amides is 2. The van der Waals surface area contributed by atoms with Gasteiger partial charge in [-0.1, -0.05) is 55.7 Å². The summed E-state index contributed by atoms with van der Waals surface area (Å²) >= 11 is 0. The molecular weight excluding hydrogens is 417 g/mol. The van der Waals surface area contributed by atoms with Gasteiger partial charge < -0.3 is 5.32 Å². The maximum absolute atomic E-state index is 15.1. The Morgan fingerprint density at radius 1 is 1.03 bits per heavy atom. The number of nitrogens with one attached hydrogen (secondary N) is 1. The molecule has 168 valence electrons. The molecular formula is C27H26FN3O2. The van der Waals surface area contributed by atoms with Crippen LogP contribution in [0.15, 0.2) is 66.9 Å². The molecule has 1 saturated carbocycles. The Labute approximate surface area is 192 Å². The van der Waals surface area contributed by atoms with Gasteiger partial charge in [-0.15, -0.1) is 0 Å². The molecule has 0 unspecified atom stereocenters. The Hall–Kier alpha value is -3.54. The van der Waals surface area contributed by atoms with Crippen LogP contribution in [0.5, 0.6) is 0 Å². The van der Waals surface area contributed by atoms with Gasteiger partial charge >= 0.3 is 0 Å². The number of hydrogen-bond acceptors (Lipinski definition) is 3. The summed E-state index contributed by atoms with van der Waals surface area (Å²) in [6.07, 6.45) is 5.65. The van der Waals surface area contributed by atoms with Crippen LogP contribution in [0.4, 0.5) is 15.9 Å². The summed E-state index contributed by atoms with van der Waals surface area (Å²) in [6.45, 7) is 1.89. The van der Waals surface area contributed by atoms with E-state index in [9.17, 15) is 9.59 Å². The number of nitrogens with zero attached hydrogens (tertiary/aromatic N) is 2. The highest BCUT2D eigenvalue weighted by Gasteiger charge is 2.55. The molecule has 2 amide bonds. The van der Waals surface area contributed by atoms with E-state index in [1.165, 1.54) is 6.07 Å². The van der Waals surface area contributed by atoms with Crippen LogP contribution in [0.2, 0.25) is 0 Å². The second-order valence-electron chi connectivity index (χ2n) is 8.93. The maximum Gasteiger partial charge on any atom is 0.259 e. The molecule has 1 aliphatic heterocycles. The minimum absolute atomic E-state index is 0.222. The summed E-state index contributed by atoms with van der Waals surface area (Å²) in [7, 11) is 0. The van der Waals surface area contributed by atoms with Crippen LogP contribution < -0.4 is 10.2 Å². The van der Waals surface area contributed by atoms with Gasteiger partial charge in [0.05, 0.1) is 17.1 Å². The quantitative estimate of drug-likeness (QED) is 0.572. The van der Waals surface area contributed by atoms with Crippen LogP contribution in [0.1, 0.15) is 59.5 Å². The first-order valence-corrected chi connectivity index (χ1v) is 11.4. The molecule has 0 saturated heterocycles. The number of anilines is 2. The van der Waals surface area contributed by atoms with Crippen molar-refractivity contribution in [1.82, 2.24) is 4.98 Å². The van der Waals surface area contributed by atoms with Crippen LogP contribution in [0.25, 0.3) is 0 Å². The van der Waals surface area contributed by atoms with Crippen LogP contribution >= 0.6 is 0 Å². The first-order valence-electron chi connectivity index (χ1n) is 11.4. The second kappa shape index (κ2) is 8.43. The van der Waals surface area contributed by atoms with Crippen LogP contribution in [0, 0.1) is 12.7 Å². The third-order valence-electron chi connectivity index (χ3n) is 7.01. The van der Waals surface area contributed by atoms with E-state index < -0.39 is 17.3 Å². The minimum atomic E-state index is -0.849. The summed E-state index contributed by atoms with van der Waals surface area (Å²) in [5.41, 5.74) is 1.37. The number of aryl methyl sites for hydroxylation is 1.